The summed E-state index contributed by atoms with van der Waals surface area (Å²) in [5, 5.41) is 0. The van der Waals surface area contributed by atoms with Gasteiger partial charge < -0.3 is 4.90 Å². The minimum atomic E-state index is -3.34. The molecular formula is C19H22FN3O3S. The predicted octanol–water partition coefficient (Wildman–Crippen LogP) is 2.16. The van der Waals surface area contributed by atoms with E-state index in [1.807, 2.05) is 6.07 Å². The number of amides is 1. The zero-order valence-electron chi connectivity index (χ0n) is 15.1. The topological polar surface area (TPSA) is 69.7 Å². The van der Waals surface area contributed by atoms with E-state index < -0.39 is 10.0 Å². The van der Waals surface area contributed by atoms with E-state index in [1.54, 1.807) is 41.3 Å². The van der Waals surface area contributed by atoms with Gasteiger partial charge in [0.1, 0.15) is 5.82 Å². The smallest absolute Gasteiger partial charge is 0.253 e. The van der Waals surface area contributed by atoms with Gasteiger partial charge in [0, 0.05) is 49.5 Å². The third-order valence-corrected chi connectivity index (χ3v) is 5.05. The van der Waals surface area contributed by atoms with Gasteiger partial charge >= 0.3 is 0 Å². The minimum Gasteiger partial charge on any atom is -0.336 e. The van der Waals surface area contributed by atoms with Gasteiger partial charge in [-0.3, -0.25) is 14.4 Å². The molecule has 0 saturated carbocycles. The van der Waals surface area contributed by atoms with Crippen LogP contribution in [-0.4, -0.2) is 56.6 Å². The van der Waals surface area contributed by atoms with E-state index in [-0.39, 0.29) is 11.7 Å². The Morgan fingerprint density at radius 3 is 2.26 bits per heavy atom. The first-order valence-electron chi connectivity index (χ1n) is 8.65. The van der Waals surface area contributed by atoms with Crippen molar-refractivity contribution in [2.45, 2.75) is 6.54 Å². The van der Waals surface area contributed by atoms with Gasteiger partial charge in [-0.25, -0.2) is 12.8 Å². The quantitative estimate of drug-likeness (QED) is 0.848. The van der Waals surface area contributed by atoms with Crippen LogP contribution >= 0.6 is 0 Å². The van der Waals surface area contributed by atoms with E-state index in [0.29, 0.717) is 49.5 Å². The Hall–Kier alpha value is -2.45. The number of benzene rings is 2. The van der Waals surface area contributed by atoms with Crippen LogP contribution in [0.5, 0.6) is 0 Å². The molecule has 0 unspecified atom stereocenters. The lowest BCUT2D eigenvalue weighted by Crippen LogP contribution is -2.48. The summed E-state index contributed by atoms with van der Waals surface area (Å²) in [6.07, 6.45) is 1.08. The SMILES string of the molecule is CS(=O)(=O)Nc1ccc(C(=O)N2CCN(Cc3ccccc3F)CC2)cc1. The zero-order chi connectivity index (χ0) is 19.4. The molecule has 0 atom stereocenters. The van der Waals surface area contributed by atoms with Gasteiger partial charge in [-0.2, -0.15) is 0 Å². The lowest BCUT2D eigenvalue weighted by molar-refractivity contribution is 0.0627. The molecule has 0 radical (unpaired) electrons. The summed E-state index contributed by atoms with van der Waals surface area (Å²) in [4.78, 5) is 16.5. The number of piperazine rings is 1. The van der Waals surface area contributed by atoms with Crippen LogP contribution in [0.1, 0.15) is 15.9 Å². The van der Waals surface area contributed by atoms with Crippen LogP contribution in [0, 0.1) is 5.82 Å². The van der Waals surface area contributed by atoms with E-state index >= 15 is 0 Å². The number of sulfonamides is 1. The summed E-state index contributed by atoms with van der Waals surface area (Å²) >= 11 is 0. The molecule has 0 bridgehead atoms. The van der Waals surface area contributed by atoms with Crippen molar-refractivity contribution in [2.75, 3.05) is 37.2 Å². The molecule has 1 heterocycles. The maximum absolute atomic E-state index is 13.8. The van der Waals surface area contributed by atoms with Crippen molar-refractivity contribution < 1.29 is 17.6 Å². The number of halogens is 1. The third kappa shape index (κ3) is 5.27. The number of nitrogens with zero attached hydrogens (tertiary/aromatic N) is 2. The Balaban J connectivity index is 1.56. The summed E-state index contributed by atoms with van der Waals surface area (Å²) in [5.74, 6) is -0.301. The van der Waals surface area contributed by atoms with Crippen LogP contribution in [-0.2, 0) is 16.6 Å². The number of rotatable bonds is 5. The molecule has 2 aromatic carbocycles. The average molecular weight is 391 g/mol. The molecule has 0 spiro atoms. The van der Waals surface area contributed by atoms with E-state index in [1.165, 1.54) is 6.07 Å². The van der Waals surface area contributed by atoms with E-state index in [4.69, 9.17) is 0 Å². The number of carbonyl (C=O) groups excluding carboxylic acids is 1. The van der Waals surface area contributed by atoms with Gasteiger partial charge in [-0.1, -0.05) is 18.2 Å². The summed E-state index contributed by atoms with van der Waals surface area (Å²) in [6.45, 7) is 3.01. The van der Waals surface area contributed by atoms with E-state index in [0.717, 1.165) is 6.26 Å². The number of anilines is 1. The first-order chi connectivity index (χ1) is 12.8. The molecule has 2 aromatic rings. The monoisotopic (exact) mass is 391 g/mol. The highest BCUT2D eigenvalue weighted by atomic mass is 32.2. The lowest BCUT2D eigenvalue weighted by atomic mass is 10.1. The molecule has 3 rings (SSSR count). The summed E-state index contributed by atoms with van der Waals surface area (Å²) < 4.78 is 38.6. The van der Waals surface area contributed by atoms with Crippen LogP contribution in [0.4, 0.5) is 10.1 Å². The molecule has 1 aliphatic rings. The Morgan fingerprint density at radius 1 is 1.04 bits per heavy atom. The largest absolute Gasteiger partial charge is 0.336 e. The molecule has 0 aromatic heterocycles. The second-order valence-corrected chi connectivity index (χ2v) is 8.36. The molecule has 1 amide bonds. The highest BCUT2D eigenvalue weighted by Crippen LogP contribution is 2.16. The molecule has 27 heavy (non-hydrogen) atoms. The van der Waals surface area contributed by atoms with Crippen molar-refractivity contribution in [1.82, 2.24) is 9.80 Å². The van der Waals surface area contributed by atoms with Crippen molar-refractivity contribution in [3.8, 4) is 0 Å². The molecule has 6 nitrogen and oxygen atoms in total. The van der Waals surface area contributed by atoms with Gasteiger partial charge in [0.25, 0.3) is 5.91 Å². The highest BCUT2D eigenvalue weighted by molar-refractivity contribution is 7.92. The molecule has 8 heteroatoms. The molecule has 1 aliphatic heterocycles. The summed E-state index contributed by atoms with van der Waals surface area (Å²) in [5.41, 5.74) is 1.59. The maximum Gasteiger partial charge on any atom is 0.253 e. The predicted molar refractivity (Wildman–Crippen MR) is 102 cm³/mol. The van der Waals surface area contributed by atoms with Crippen LogP contribution in [0.15, 0.2) is 48.5 Å². The fourth-order valence-corrected chi connectivity index (χ4v) is 3.62. The van der Waals surface area contributed by atoms with Crippen LogP contribution in [0.25, 0.3) is 0 Å². The Labute approximate surface area is 158 Å². The van der Waals surface area contributed by atoms with Crippen molar-refractivity contribution >= 4 is 21.6 Å². The number of hydrogen-bond donors (Lipinski definition) is 1. The highest BCUT2D eigenvalue weighted by Gasteiger charge is 2.22. The minimum absolute atomic E-state index is 0.0913. The van der Waals surface area contributed by atoms with Gasteiger partial charge in [0.2, 0.25) is 10.0 Å². The molecule has 1 N–H and O–H groups in total. The fraction of sp³-hybridized carbons (Fsp3) is 0.316. The van der Waals surface area contributed by atoms with E-state index in [2.05, 4.69) is 9.62 Å². The average Bonchev–Trinajstić information content (AvgIpc) is 2.63. The summed E-state index contributed by atoms with van der Waals surface area (Å²) in [6, 6.07) is 13.1. The zero-order valence-corrected chi connectivity index (χ0v) is 15.9. The normalized spacial score (nSPS) is 15.6. The summed E-state index contributed by atoms with van der Waals surface area (Å²) in [7, 11) is -3.34. The lowest BCUT2D eigenvalue weighted by Gasteiger charge is -2.34. The molecular weight excluding hydrogens is 369 g/mol. The Morgan fingerprint density at radius 2 is 1.67 bits per heavy atom. The number of nitrogens with one attached hydrogen (secondary N) is 1. The van der Waals surface area contributed by atoms with Crippen molar-refractivity contribution in [1.29, 1.82) is 0 Å². The fourth-order valence-electron chi connectivity index (χ4n) is 3.05. The van der Waals surface area contributed by atoms with Gasteiger partial charge in [0.15, 0.2) is 0 Å². The van der Waals surface area contributed by atoms with Crippen LogP contribution in [0.2, 0.25) is 0 Å². The molecule has 0 aliphatic carbocycles. The van der Waals surface area contributed by atoms with Gasteiger partial charge in [-0.15, -0.1) is 0 Å². The maximum atomic E-state index is 13.8. The molecule has 144 valence electrons. The first kappa shape index (κ1) is 19.3. The van der Waals surface area contributed by atoms with Crippen LogP contribution in [0.3, 0.4) is 0 Å². The second kappa shape index (κ2) is 8.06. The standard InChI is InChI=1S/C19H22FN3O3S/c1-27(25,26)21-17-8-6-15(7-9-17)19(24)23-12-10-22(11-13-23)14-16-4-2-3-5-18(16)20/h2-9,21H,10-14H2,1H3. The Kier molecular flexibility index (Phi) is 5.76. The van der Waals surface area contributed by atoms with Crippen molar-refractivity contribution in [3.05, 3.63) is 65.5 Å². The Bertz CT molecular complexity index is 908. The molecule has 1 fully saturated rings. The first-order valence-corrected chi connectivity index (χ1v) is 10.5. The third-order valence-electron chi connectivity index (χ3n) is 4.45. The van der Waals surface area contributed by atoms with Crippen LogP contribution < -0.4 is 4.72 Å². The van der Waals surface area contributed by atoms with Crippen molar-refractivity contribution in [2.24, 2.45) is 0 Å². The van der Waals surface area contributed by atoms with Gasteiger partial charge in [0.05, 0.1) is 6.26 Å². The van der Waals surface area contributed by atoms with Gasteiger partial charge in [-0.05, 0) is 30.3 Å². The second-order valence-electron chi connectivity index (χ2n) is 6.61. The van der Waals surface area contributed by atoms with E-state index in [9.17, 15) is 17.6 Å². The van der Waals surface area contributed by atoms with Crippen molar-refractivity contribution in [3.63, 3.8) is 0 Å². The molecule has 1 saturated heterocycles. The number of carbonyl (C=O) groups is 1. The number of hydrogen-bond acceptors (Lipinski definition) is 4.